The Morgan fingerprint density at radius 2 is 1.81 bits per heavy atom. The quantitative estimate of drug-likeness (QED) is 0.734. The molecule has 3 rings (SSSR count). The third-order valence-electron chi connectivity index (χ3n) is 4.06. The number of hydrogen-bond donors (Lipinski definition) is 0. The van der Waals surface area contributed by atoms with Crippen molar-refractivity contribution in [2.24, 2.45) is 0 Å². The molecule has 0 N–H and O–H groups in total. The lowest BCUT2D eigenvalue weighted by Gasteiger charge is -2.25. The molecule has 0 amide bonds. The second kappa shape index (κ2) is 4.96. The summed E-state index contributed by atoms with van der Waals surface area (Å²) >= 11 is 6.98. The largest absolute Gasteiger partial charge is 0.322 e. The van der Waals surface area contributed by atoms with Gasteiger partial charge in [0.15, 0.2) is 9.84 Å². The van der Waals surface area contributed by atoms with Gasteiger partial charge in [0, 0.05) is 10.9 Å². The highest BCUT2D eigenvalue weighted by Crippen LogP contribution is 2.41. The van der Waals surface area contributed by atoms with E-state index in [1.807, 2.05) is 4.90 Å². The number of thiocarbonyl (C=S) groups is 1. The fraction of sp³-hybridized carbons (Fsp3) is 0.533. The number of fused-ring (bicyclic) bond motifs is 1. The third-order valence-corrected chi connectivity index (χ3v) is 7.66. The van der Waals surface area contributed by atoms with Gasteiger partial charge >= 0.3 is 0 Å². The van der Waals surface area contributed by atoms with E-state index in [0.29, 0.717) is 0 Å². The molecule has 0 aromatic heterocycles. The van der Waals surface area contributed by atoms with Gasteiger partial charge in [-0.1, -0.05) is 56.9 Å². The molecule has 1 aromatic rings. The molecule has 0 bridgehead atoms. The maximum atomic E-state index is 11.8. The van der Waals surface area contributed by atoms with Crippen molar-refractivity contribution in [3.8, 4) is 0 Å². The van der Waals surface area contributed by atoms with Gasteiger partial charge in [0.2, 0.25) is 0 Å². The van der Waals surface area contributed by atoms with E-state index in [9.17, 15) is 8.42 Å². The zero-order valence-corrected chi connectivity index (χ0v) is 14.8. The molecule has 0 saturated carbocycles. The molecule has 0 radical (unpaired) electrons. The molecule has 6 heteroatoms. The Kier molecular flexibility index (Phi) is 3.62. The molecule has 2 fully saturated rings. The van der Waals surface area contributed by atoms with Crippen molar-refractivity contribution in [1.82, 2.24) is 0 Å². The average Bonchev–Trinajstić information content (AvgIpc) is 2.78. The van der Waals surface area contributed by atoms with E-state index >= 15 is 0 Å². The Hall–Kier alpha value is -0.590. The molecule has 0 unspecified atom stereocenters. The molecule has 1 aromatic carbocycles. The number of sulfone groups is 1. The van der Waals surface area contributed by atoms with Crippen LogP contribution >= 0.6 is 24.0 Å². The Morgan fingerprint density at radius 1 is 1.19 bits per heavy atom. The fourth-order valence-electron chi connectivity index (χ4n) is 2.89. The number of thioether (sulfide) groups is 1. The smallest absolute Gasteiger partial charge is 0.153 e. The molecule has 0 spiro atoms. The van der Waals surface area contributed by atoms with E-state index in [-0.39, 0.29) is 28.2 Å². The van der Waals surface area contributed by atoms with E-state index in [4.69, 9.17) is 12.2 Å². The van der Waals surface area contributed by atoms with Gasteiger partial charge < -0.3 is 4.90 Å². The summed E-state index contributed by atoms with van der Waals surface area (Å²) in [5.74, 6) is 0.463. The van der Waals surface area contributed by atoms with Crippen LogP contribution in [0.25, 0.3) is 0 Å². The standard InChI is InChI=1S/C15H19NO2S3/c1-15(2,3)10-4-6-11(7-5-10)16-12-8-21(17,18)9-13(12)20-14(16)19/h4-7,12-13H,8-9H2,1-3H3/t12-,13+/m0/s1. The van der Waals surface area contributed by atoms with Gasteiger partial charge in [0.25, 0.3) is 0 Å². The SMILES string of the molecule is CC(C)(C)c1ccc(N2C(=S)S[C@@H]3CS(=O)(=O)C[C@@H]32)cc1. The minimum atomic E-state index is -2.92. The van der Waals surface area contributed by atoms with E-state index < -0.39 is 9.84 Å². The van der Waals surface area contributed by atoms with E-state index in [1.54, 1.807) is 0 Å². The van der Waals surface area contributed by atoms with Crippen molar-refractivity contribution in [3.63, 3.8) is 0 Å². The summed E-state index contributed by atoms with van der Waals surface area (Å²) in [4.78, 5) is 2.03. The summed E-state index contributed by atoms with van der Waals surface area (Å²) in [6.45, 7) is 6.54. The normalized spacial score (nSPS) is 28.0. The van der Waals surface area contributed by atoms with Crippen molar-refractivity contribution >= 4 is 43.8 Å². The van der Waals surface area contributed by atoms with Crippen LogP contribution in [0.15, 0.2) is 24.3 Å². The molecule has 2 heterocycles. The Morgan fingerprint density at radius 3 is 2.38 bits per heavy atom. The van der Waals surface area contributed by atoms with Gasteiger partial charge in [-0.2, -0.15) is 0 Å². The Balaban J connectivity index is 1.91. The van der Waals surface area contributed by atoms with Gasteiger partial charge in [-0.15, -0.1) is 0 Å². The van der Waals surface area contributed by atoms with Gasteiger partial charge in [-0.05, 0) is 23.1 Å². The first-order valence-corrected chi connectivity index (χ1v) is 10.1. The summed E-state index contributed by atoms with van der Waals surface area (Å²) in [5, 5.41) is 0.0878. The first kappa shape index (κ1) is 15.3. The molecule has 2 aliphatic heterocycles. The highest BCUT2D eigenvalue weighted by molar-refractivity contribution is 8.24. The van der Waals surface area contributed by atoms with Crippen LogP contribution in [0.4, 0.5) is 5.69 Å². The lowest BCUT2D eigenvalue weighted by Crippen LogP contribution is -2.36. The second-order valence-corrected chi connectivity index (χ2v) is 10.8. The maximum Gasteiger partial charge on any atom is 0.153 e. The van der Waals surface area contributed by atoms with Gasteiger partial charge in [0.05, 0.1) is 17.5 Å². The molecule has 2 saturated heterocycles. The highest BCUT2D eigenvalue weighted by Gasteiger charge is 2.48. The predicted octanol–water partition coefficient (Wildman–Crippen LogP) is 2.99. The minimum Gasteiger partial charge on any atom is -0.322 e. The monoisotopic (exact) mass is 341 g/mol. The van der Waals surface area contributed by atoms with Crippen LogP contribution in [-0.4, -0.2) is 35.5 Å². The number of rotatable bonds is 1. The molecular weight excluding hydrogens is 322 g/mol. The summed E-state index contributed by atoms with van der Waals surface area (Å²) < 4.78 is 24.5. The molecule has 3 nitrogen and oxygen atoms in total. The Labute approximate surface area is 136 Å². The van der Waals surface area contributed by atoms with Crippen molar-refractivity contribution < 1.29 is 8.42 Å². The first-order chi connectivity index (χ1) is 9.67. The van der Waals surface area contributed by atoms with Crippen LogP contribution in [0.2, 0.25) is 0 Å². The molecule has 21 heavy (non-hydrogen) atoms. The van der Waals surface area contributed by atoms with Gasteiger partial charge in [-0.3, -0.25) is 0 Å². The van der Waals surface area contributed by atoms with Crippen LogP contribution < -0.4 is 4.90 Å². The van der Waals surface area contributed by atoms with E-state index in [1.165, 1.54) is 17.3 Å². The highest BCUT2D eigenvalue weighted by atomic mass is 32.2. The zero-order valence-electron chi connectivity index (χ0n) is 12.4. The van der Waals surface area contributed by atoms with Crippen molar-refractivity contribution in [1.29, 1.82) is 0 Å². The summed E-state index contributed by atoms with van der Waals surface area (Å²) in [7, 11) is -2.92. The predicted molar refractivity (Wildman–Crippen MR) is 94.0 cm³/mol. The average molecular weight is 342 g/mol. The number of benzene rings is 1. The van der Waals surface area contributed by atoms with Crippen molar-refractivity contribution in [2.45, 2.75) is 37.5 Å². The van der Waals surface area contributed by atoms with Crippen molar-refractivity contribution in [3.05, 3.63) is 29.8 Å². The lowest BCUT2D eigenvalue weighted by atomic mass is 9.87. The molecule has 0 aliphatic carbocycles. The molecular formula is C15H19NO2S3. The van der Waals surface area contributed by atoms with Crippen molar-refractivity contribution in [2.75, 3.05) is 16.4 Å². The zero-order chi connectivity index (χ0) is 15.4. The minimum absolute atomic E-state index is 0.00649. The number of hydrogen-bond acceptors (Lipinski definition) is 4. The number of nitrogens with zero attached hydrogens (tertiary/aromatic N) is 1. The second-order valence-electron chi connectivity index (χ2n) is 6.73. The van der Waals surface area contributed by atoms with Gasteiger partial charge in [0.1, 0.15) is 4.32 Å². The maximum absolute atomic E-state index is 11.8. The third kappa shape index (κ3) is 2.85. The summed E-state index contributed by atoms with van der Waals surface area (Å²) in [5.41, 5.74) is 2.38. The van der Waals surface area contributed by atoms with Crippen LogP contribution in [0.5, 0.6) is 0 Å². The van der Waals surface area contributed by atoms with Crippen LogP contribution in [0.1, 0.15) is 26.3 Å². The van der Waals surface area contributed by atoms with Gasteiger partial charge in [-0.25, -0.2) is 8.42 Å². The number of anilines is 1. The summed E-state index contributed by atoms with van der Waals surface area (Å²) in [6, 6.07) is 8.33. The topological polar surface area (TPSA) is 37.4 Å². The molecule has 2 aliphatic rings. The first-order valence-electron chi connectivity index (χ1n) is 6.98. The summed E-state index contributed by atoms with van der Waals surface area (Å²) in [6.07, 6.45) is 0. The van der Waals surface area contributed by atoms with E-state index in [2.05, 4.69) is 45.0 Å². The lowest BCUT2D eigenvalue weighted by molar-refractivity contribution is 0.590. The van der Waals surface area contributed by atoms with Crippen LogP contribution in [0, 0.1) is 0 Å². The molecule has 2 atom stereocenters. The van der Waals surface area contributed by atoms with Crippen LogP contribution in [-0.2, 0) is 15.3 Å². The fourth-order valence-corrected chi connectivity index (χ4v) is 7.27. The van der Waals surface area contributed by atoms with Crippen LogP contribution in [0.3, 0.4) is 0 Å². The van der Waals surface area contributed by atoms with E-state index in [0.717, 1.165) is 10.0 Å². The molecule has 114 valence electrons. The Bertz CT molecular complexity index is 674.